The number of fused-ring (bicyclic) bond motifs is 1. The summed E-state index contributed by atoms with van der Waals surface area (Å²) < 4.78 is 5.67. The van der Waals surface area contributed by atoms with Crippen molar-refractivity contribution < 1.29 is 4.74 Å². The van der Waals surface area contributed by atoms with Gasteiger partial charge in [0.15, 0.2) is 0 Å². The Morgan fingerprint density at radius 1 is 1.14 bits per heavy atom. The highest BCUT2D eigenvalue weighted by molar-refractivity contribution is 5.62. The van der Waals surface area contributed by atoms with E-state index in [2.05, 4.69) is 26.8 Å². The van der Waals surface area contributed by atoms with Crippen molar-refractivity contribution in [2.45, 2.75) is 40.0 Å². The number of ether oxygens (including phenoxy) is 1. The Bertz CT molecular complexity index is 342. The van der Waals surface area contributed by atoms with Crippen molar-refractivity contribution >= 4 is 0 Å². The van der Waals surface area contributed by atoms with Crippen LogP contribution in [0.25, 0.3) is 0 Å². The van der Waals surface area contributed by atoms with E-state index in [4.69, 9.17) is 4.74 Å². The van der Waals surface area contributed by atoms with Crippen LogP contribution < -0.4 is 0 Å². The minimum Gasteiger partial charge on any atom is -0.493 e. The Morgan fingerprint density at radius 3 is 2.50 bits per heavy atom. The van der Waals surface area contributed by atoms with Crippen molar-refractivity contribution in [1.29, 1.82) is 0 Å². The summed E-state index contributed by atoms with van der Waals surface area (Å²) in [6, 6.07) is 0. The summed E-state index contributed by atoms with van der Waals surface area (Å²) in [5.74, 6) is 1.21. The molecule has 0 saturated heterocycles. The fourth-order valence-corrected chi connectivity index (χ4v) is 2.42. The molecular weight excluding hydrogens is 172 g/mol. The molecule has 2 aliphatic rings. The maximum atomic E-state index is 5.67. The Balaban J connectivity index is 2.46. The monoisotopic (exact) mass is 190 g/mol. The van der Waals surface area contributed by atoms with Gasteiger partial charge in [-0.05, 0) is 24.0 Å². The summed E-state index contributed by atoms with van der Waals surface area (Å²) >= 11 is 0. The molecule has 0 amide bonds. The van der Waals surface area contributed by atoms with Gasteiger partial charge in [-0.3, -0.25) is 0 Å². The first-order chi connectivity index (χ1) is 6.81. The molecule has 14 heavy (non-hydrogen) atoms. The van der Waals surface area contributed by atoms with E-state index in [-0.39, 0.29) is 0 Å². The van der Waals surface area contributed by atoms with Gasteiger partial charge >= 0.3 is 0 Å². The van der Waals surface area contributed by atoms with Crippen molar-refractivity contribution in [3.63, 3.8) is 0 Å². The first-order valence-corrected chi connectivity index (χ1v) is 5.61. The number of hydrogen-bond donors (Lipinski definition) is 0. The van der Waals surface area contributed by atoms with E-state index in [1.807, 2.05) is 0 Å². The highest BCUT2D eigenvalue weighted by Gasteiger charge is 2.28. The topological polar surface area (TPSA) is 9.23 Å². The van der Waals surface area contributed by atoms with Crippen LogP contribution >= 0.6 is 0 Å². The van der Waals surface area contributed by atoms with Crippen LogP contribution in [0.2, 0.25) is 0 Å². The van der Waals surface area contributed by atoms with E-state index < -0.39 is 0 Å². The zero-order chi connectivity index (χ0) is 10.1. The highest BCUT2D eigenvalue weighted by atomic mass is 16.5. The predicted octanol–water partition coefficient (Wildman–Crippen LogP) is 3.74. The molecule has 0 unspecified atom stereocenters. The third kappa shape index (κ3) is 1.23. The second-order valence-corrected chi connectivity index (χ2v) is 3.82. The molecule has 2 rings (SSSR count). The first kappa shape index (κ1) is 9.57. The van der Waals surface area contributed by atoms with E-state index >= 15 is 0 Å². The molecule has 0 aromatic carbocycles. The molecule has 76 valence electrons. The van der Waals surface area contributed by atoms with Gasteiger partial charge in [-0.1, -0.05) is 26.8 Å². The molecule has 0 aromatic rings. The van der Waals surface area contributed by atoms with Gasteiger partial charge in [0.2, 0.25) is 0 Å². The van der Waals surface area contributed by atoms with E-state index in [9.17, 15) is 0 Å². The lowest BCUT2D eigenvalue weighted by Crippen LogP contribution is -1.89. The normalized spacial score (nSPS) is 20.1. The lowest BCUT2D eigenvalue weighted by atomic mass is 9.99. The Morgan fingerprint density at radius 2 is 1.93 bits per heavy atom. The molecule has 0 N–H and O–H groups in total. The Kier molecular flexibility index (Phi) is 2.49. The average Bonchev–Trinajstić information content (AvgIpc) is 2.74. The smallest absolute Gasteiger partial charge is 0.114 e. The third-order valence-corrected chi connectivity index (χ3v) is 3.10. The Hall–Kier alpha value is -0.980. The first-order valence-electron chi connectivity index (χ1n) is 5.61. The maximum Gasteiger partial charge on any atom is 0.114 e. The summed E-state index contributed by atoms with van der Waals surface area (Å²) in [5.41, 5.74) is 5.89. The minimum absolute atomic E-state index is 0.797. The molecule has 0 spiro atoms. The quantitative estimate of drug-likeness (QED) is 0.658. The lowest BCUT2D eigenvalue weighted by molar-refractivity contribution is 0.252. The summed E-state index contributed by atoms with van der Waals surface area (Å²) in [7, 11) is 0. The third-order valence-electron chi connectivity index (χ3n) is 3.10. The summed E-state index contributed by atoms with van der Waals surface area (Å²) in [6.07, 6.45) is 5.63. The number of allylic oxidation sites excluding steroid dienone is 4. The summed E-state index contributed by atoms with van der Waals surface area (Å²) in [6.45, 7) is 7.44. The second-order valence-electron chi connectivity index (χ2n) is 3.82. The lowest BCUT2D eigenvalue weighted by Gasteiger charge is -2.06. The van der Waals surface area contributed by atoms with Crippen LogP contribution in [0, 0.1) is 0 Å². The zero-order valence-corrected chi connectivity index (χ0v) is 9.31. The highest BCUT2D eigenvalue weighted by Crippen LogP contribution is 2.41. The van der Waals surface area contributed by atoms with Crippen LogP contribution in [-0.2, 0) is 4.74 Å². The number of hydrogen-bond acceptors (Lipinski definition) is 1. The molecule has 0 aromatic heterocycles. The zero-order valence-electron chi connectivity index (χ0n) is 9.31. The van der Waals surface area contributed by atoms with Crippen molar-refractivity contribution in [1.82, 2.24) is 0 Å². The molecule has 0 atom stereocenters. The SMILES string of the molecule is CCC1=C(CC)C2=C(CC)OCC2=C1. The van der Waals surface area contributed by atoms with Crippen molar-refractivity contribution in [2.75, 3.05) is 6.61 Å². The van der Waals surface area contributed by atoms with E-state index in [1.165, 1.54) is 28.1 Å². The summed E-state index contributed by atoms with van der Waals surface area (Å²) in [4.78, 5) is 0. The standard InChI is InChI=1S/C13H18O/c1-4-9-7-10-8-14-12(6-3)13(10)11(9)5-2/h7H,4-6,8H2,1-3H3. The van der Waals surface area contributed by atoms with Gasteiger partial charge < -0.3 is 4.74 Å². The van der Waals surface area contributed by atoms with Crippen LogP contribution in [0.1, 0.15) is 40.0 Å². The van der Waals surface area contributed by atoms with Crippen LogP contribution in [0.5, 0.6) is 0 Å². The molecule has 0 radical (unpaired) electrons. The van der Waals surface area contributed by atoms with Gasteiger partial charge in [0, 0.05) is 17.6 Å². The van der Waals surface area contributed by atoms with Gasteiger partial charge in [-0.2, -0.15) is 0 Å². The van der Waals surface area contributed by atoms with Crippen molar-refractivity contribution in [3.05, 3.63) is 34.1 Å². The van der Waals surface area contributed by atoms with Crippen LogP contribution in [-0.4, -0.2) is 6.61 Å². The maximum absolute atomic E-state index is 5.67. The molecule has 1 nitrogen and oxygen atoms in total. The minimum atomic E-state index is 0.797. The van der Waals surface area contributed by atoms with Gasteiger partial charge in [-0.25, -0.2) is 0 Å². The predicted molar refractivity (Wildman–Crippen MR) is 59.0 cm³/mol. The molecule has 1 heteroatoms. The van der Waals surface area contributed by atoms with Gasteiger partial charge in [0.05, 0.1) is 0 Å². The van der Waals surface area contributed by atoms with E-state index in [0.29, 0.717) is 0 Å². The largest absolute Gasteiger partial charge is 0.493 e. The van der Waals surface area contributed by atoms with Crippen LogP contribution in [0.4, 0.5) is 0 Å². The molecule has 0 fully saturated rings. The van der Waals surface area contributed by atoms with Crippen LogP contribution in [0.3, 0.4) is 0 Å². The average molecular weight is 190 g/mol. The Labute approximate surface area is 86.2 Å². The van der Waals surface area contributed by atoms with Gasteiger partial charge in [0.25, 0.3) is 0 Å². The van der Waals surface area contributed by atoms with Gasteiger partial charge in [0.1, 0.15) is 12.4 Å². The summed E-state index contributed by atoms with van der Waals surface area (Å²) in [5, 5.41) is 0. The molecular formula is C13H18O. The molecule has 1 heterocycles. The van der Waals surface area contributed by atoms with Crippen molar-refractivity contribution in [2.24, 2.45) is 0 Å². The van der Waals surface area contributed by atoms with E-state index in [1.54, 1.807) is 0 Å². The molecule has 0 bridgehead atoms. The van der Waals surface area contributed by atoms with E-state index in [0.717, 1.165) is 25.9 Å². The second kappa shape index (κ2) is 3.64. The fraction of sp³-hybridized carbons (Fsp3) is 0.538. The molecule has 1 aliphatic heterocycles. The van der Waals surface area contributed by atoms with Gasteiger partial charge in [-0.15, -0.1) is 0 Å². The molecule has 1 aliphatic carbocycles. The van der Waals surface area contributed by atoms with Crippen molar-refractivity contribution in [3.8, 4) is 0 Å². The fourth-order valence-electron chi connectivity index (χ4n) is 2.42. The number of rotatable bonds is 3. The molecule has 0 saturated carbocycles. The van der Waals surface area contributed by atoms with Crippen LogP contribution in [0.15, 0.2) is 34.1 Å².